The summed E-state index contributed by atoms with van der Waals surface area (Å²) >= 11 is 1.57. The first-order valence-electron chi connectivity index (χ1n) is 15.3. The lowest BCUT2D eigenvalue weighted by Crippen LogP contribution is -2.59. The van der Waals surface area contributed by atoms with Gasteiger partial charge in [-0.25, -0.2) is 8.78 Å². The lowest BCUT2D eigenvalue weighted by molar-refractivity contribution is -0.122. The van der Waals surface area contributed by atoms with Crippen LogP contribution in [-0.2, 0) is 25.9 Å². The average molecular weight is 720 g/mol. The Balaban J connectivity index is 0.000000252. The molecule has 1 fully saturated rings. The van der Waals surface area contributed by atoms with Gasteiger partial charge >= 0.3 is 0 Å². The molecule has 3 aromatic rings. The zero-order chi connectivity index (χ0) is 36.4. The average Bonchev–Trinajstić information content (AvgIpc) is 3.27. The molecule has 1 saturated heterocycles. The molecule has 0 bridgehead atoms. The van der Waals surface area contributed by atoms with E-state index in [-0.39, 0.29) is 46.8 Å². The fourth-order valence-electron chi connectivity index (χ4n) is 4.88. The summed E-state index contributed by atoms with van der Waals surface area (Å²) in [4.78, 5) is 36.5. The first kappa shape index (κ1) is 39.4. The molecule has 0 spiro atoms. The predicted molar refractivity (Wildman–Crippen MR) is 190 cm³/mol. The van der Waals surface area contributed by atoms with Crippen molar-refractivity contribution in [2.24, 2.45) is 0 Å². The molecular weight excluding hydrogens is 677 g/mol. The Kier molecular flexibility index (Phi) is 14.1. The third-order valence-corrected chi connectivity index (χ3v) is 13.0. The number of nitrogens with one attached hydrogen (secondary N) is 1. The Hall–Kier alpha value is -4.03. The van der Waals surface area contributed by atoms with E-state index in [2.05, 4.69) is 51.6 Å². The van der Waals surface area contributed by atoms with Gasteiger partial charge in [0.25, 0.3) is 12.4 Å². The molecule has 0 saturated carbocycles. The number of hydrogen-bond donors (Lipinski definition) is 2. The zero-order valence-electron chi connectivity index (χ0n) is 28.2. The third-order valence-electron chi connectivity index (χ3n) is 8.14. The second-order valence-corrected chi connectivity index (χ2v) is 17.1. The first-order chi connectivity index (χ1) is 23.3. The Morgan fingerprint density at radius 3 is 2.49 bits per heavy atom. The minimum Gasteiger partial charge on any atom is -0.485 e. The molecule has 3 aliphatic rings. The fraction of sp³-hybridized carbons (Fsp3) is 0.400. The van der Waals surface area contributed by atoms with Gasteiger partial charge in [0, 0.05) is 39.8 Å². The van der Waals surface area contributed by atoms with Gasteiger partial charge in [-0.3, -0.25) is 19.1 Å². The van der Waals surface area contributed by atoms with Gasteiger partial charge in [0.1, 0.15) is 12.8 Å². The van der Waals surface area contributed by atoms with Crippen molar-refractivity contribution >= 4 is 34.5 Å². The number of carbonyl (C=O) groups excluding carboxylic acids is 1. The lowest BCUT2D eigenvalue weighted by Gasteiger charge is -2.43. The van der Waals surface area contributed by atoms with E-state index in [4.69, 9.17) is 23.6 Å². The summed E-state index contributed by atoms with van der Waals surface area (Å²) < 4.78 is 45.7. The van der Waals surface area contributed by atoms with Crippen molar-refractivity contribution in [3.8, 4) is 18.6 Å². The molecule has 1 amide bonds. The molecular formula is C35H43F2N3O7S2. The van der Waals surface area contributed by atoms with Crippen molar-refractivity contribution in [2.45, 2.75) is 48.8 Å². The number of pyridine rings is 1. The number of benzene rings is 2. The molecule has 0 radical (unpaired) electrons. The summed E-state index contributed by atoms with van der Waals surface area (Å²) in [6.07, 6.45) is 14.2. The van der Waals surface area contributed by atoms with E-state index in [0.29, 0.717) is 44.1 Å². The topological polar surface area (TPSA) is 119 Å². The number of terminal acetylenes is 1. The summed E-state index contributed by atoms with van der Waals surface area (Å²) in [6, 6.07) is 12.3. The summed E-state index contributed by atoms with van der Waals surface area (Å²) in [5, 5.41) is 6.89. The molecule has 0 aliphatic carbocycles. The van der Waals surface area contributed by atoms with E-state index in [9.17, 15) is 18.4 Å². The number of fused-ring (bicyclic) bond motifs is 4. The number of aromatic nitrogens is 1. The molecule has 4 heterocycles. The number of ether oxygens (including phenoxy) is 2. The monoisotopic (exact) mass is 719 g/mol. The van der Waals surface area contributed by atoms with Gasteiger partial charge in [0.2, 0.25) is 5.43 Å². The predicted octanol–water partition coefficient (Wildman–Crippen LogP) is 5.49. The largest absolute Gasteiger partial charge is 0.485 e. The number of thioether (sulfide) groups is 1. The van der Waals surface area contributed by atoms with Gasteiger partial charge in [-0.05, 0) is 42.2 Å². The smallest absolute Gasteiger partial charge is 0.290 e. The van der Waals surface area contributed by atoms with Crippen LogP contribution in [0.2, 0.25) is 0 Å². The number of nitrogens with zero attached hydrogens (tertiary/aromatic N) is 2. The van der Waals surface area contributed by atoms with Crippen molar-refractivity contribution in [1.29, 1.82) is 0 Å². The molecule has 10 nitrogen and oxygen atoms in total. The quantitative estimate of drug-likeness (QED) is 0.201. The van der Waals surface area contributed by atoms with E-state index in [1.807, 2.05) is 24.3 Å². The van der Waals surface area contributed by atoms with Crippen LogP contribution in [0.5, 0.6) is 5.75 Å². The number of rotatable bonds is 5. The molecule has 6 rings (SSSR count). The van der Waals surface area contributed by atoms with Crippen LogP contribution >= 0.6 is 22.1 Å². The van der Waals surface area contributed by atoms with Crippen LogP contribution in [0.25, 0.3) is 0 Å². The molecule has 1 atom stereocenters. The van der Waals surface area contributed by atoms with Gasteiger partial charge in [0.15, 0.2) is 23.1 Å². The summed E-state index contributed by atoms with van der Waals surface area (Å²) in [5.74, 6) is -1.11. The van der Waals surface area contributed by atoms with E-state index in [0.717, 1.165) is 10.5 Å². The Morgan fingerprint density at radius 1 is 1.10 bits per heavy atom. The van der Waals surface area contributed by atoms with Crippen molar-refractivity contribution in [2.75, 3.05) is 50.9 Å². The minimum atomic E-state index is -1.27. The number of amides is 1. The minimum absolute atomic E-state index is 0.0453. The Bertz CT molecular complexity index is 1690. The highest BCUT2D eigenvalue weighted by Gasteiger charge is 2.37. The zero-order valence-corrected chi connectivity index (χ0v) is 29.9. The molecule has 0 unspecified atom stereocenters. The number of morpholine rings is 1. The van der Waals surface area contributed by atoms with Crippen LogP contribution in [-0.4, -0.2) is 83.5 Å². The molecule has 1 aromatic heterocycles. The van der Waals surface area contributed by atoms with Crippen molar-refractivity contribution in [3.63, 3.8) is 0 Å². The van der Waals surface area contributed by atoms with Gasteiger partial charge in [-0.1, -0.05) is 45.0 Å². The maximum Gasteiger partial charge on any atom is 0.290 e. The maximum absolute atomic E-state index is 13.7. The van der Waals surface area contributed by atoms with Crippen molar-refractivity contribution < 1.29 is 37.1 Å². The van der Waals surface area contributed by atoms with E-state index in [1.165, 1.54) is 17.7 Å². The molecule has 49 heavy (non-hydrogen) atoms. The number of hydrogen-bond acceptors (Lipinski definition) is 8. The Labute approximate surface area is 291 Å². The van der Waals surface area contributed by atoms with Crippen molar-refractivity contribution in [1.82, 2.24) is 9.58 Å². The lowest BCUT2D eigenvalue weighted by atomic mass is 10.0. The molecule has 3 aliphatic heterocycles. The second-order valence-electron chi connectivity index (χ2n) is 12.1. The normalized spacial score (nSPS) is 16.4. The first-order valence-corrected chi connectivity index (χ1v) is 18.6. The van der Waals surface area contributed by atoms with E-state index >= 15 is 0 Å². The number of carboxylic acid groups (broad SMARTS) is 1. The van der Waals surface area contributed by atoms with Crippen LogP contribution in [0, 0.1) is 24.5 Å². The maximum atomic E-state index is 13.7. The number of halogens is 2. The summed E-state index contributed by atoms with van der Waals surface area (Å²) in [7, 11) is -1.27. The molecule has 2 aromatic carbocycles. The van der Waals surface area contributed by atoms with Crippen LogP contribution in [0.15, 0.2) is 58.4 Å². The van der Waals surface area contributed by atoms with Crippen LogP contribution < -0.4 is 15.6 Å². The summed E-state index contributed by atoms with van der Waals surface area (Å²) in [6.45, 7) is 8.12. The summed E-state index contributed by atoms with van der Waals surface area (Å²) in [5.41, 5.74) is 5.67. The van der Waals surface area contributed by atoms with Gasteiger partial charge in [-0.15, -0.1) is 34.9 Å². The third kappa shape index (κ3) is 9.57. The molecule has 2 N–H and O–H groups in total. The standard InChI is InChI=1S/C18H29N3O5S.C14H10F2S.C2H2.CH2O2/c1-18(2,3)27(4,5)26-11-10-25-16-13(22)6-7-21-15(16)17(23)20-8-9-24-12-14(20)19-21;15-12-6-5-9-7-10-3-1-2-4-13(10)17-8-11(9)14(12)16;1-2;2-1-3/h6-7,14,19H,8-12H2,1-5H3;1-6H,7-8H2;1-2H;1H,(H,2,3)/t14-;;;/m0.../s1. The fourth-order valence-corrected chi connectivity index (χ4v) is 6.83. The van der Waals surface area contributed by atoms with Crippen LogP contribution in [0.1, 0.15) is 48.0 Å². The van der Waals surface area contributed by atoms with Crippen LogP contribution in [0.4, 0.5) is 8.78 Å². The Morgan fingerprint density at radius 2 is 1.80 bits per heavy atom. The van der Waals surface area contributed by atoms with E-state index in [1.54, 1.807) is 33.6 Å². The van der Waals surface area contributed by atoms with Gasteiger partial charge in [-0.2, -0.15) is 0 Å². The molecule has 266 valence electrons. The highest BCUT2D eigenvalue weighted by molar-refractivity contribution is 8.29. The van der Waals surface area contributed by atoms with Crippen molar-refractivity contribution in [3.05, 3.63) is 92.9 Å². The highest BCUT2D eigenvalue weighted by atomic mass is 32.3. The van der Waals surface area contributed by atoms with Crippen LogP contribution in [0.3, 0.4) is 0 Å². The van der Waals surface area contributed by atoms with Gasteiger partial charge in [0.05, 0.1) is 19.8 Å². The highest BCUT2D eigenvalue weighted by Crippen LogP contribution is 2.53. The second kappa shape index (κ2) is 17.6. The molecule has 14 heteroatoms. The van der Waals surface area contributed by atoms with E-state index < -0.39 is 21.9 Å². The SMILES string of the molecule is C#C.CC(C)(C)S(C)(C)OCCOc1c2n(ccc1=O)N[C@@H]1COCCN1C2=O.Fc1ccc2c(c1F)CSc1ccccc1C2.O=CO. The van der Waals surface area contributed by atoms with Gasteiger partial charge < -0.3 is 29.1 Å². The number of carbonyl (C=O) groups is 2.